The lowest BCUT2D eigenvalue weighted by atomic mass is 9.96. The van der Waals surface area contributed by atoms with Crippen LogP contribution in [0.4, 0.5) is 5.95 Å². The van der Waals surface area contributed by atoms with E-state index in [-0.39, 0.29) is 0 Å². The predicted molar refractivity (Wildman–Crippen MR) is 80.8 cm³/mol. The number of fused-ring (bicyclic) bond motifs is 1. The van der Waals surface area contributed by atoms with Gasteiger partial charge in [-0.1, -0.05) is 34.4 Å². The highest BCUT2D eigenvalue weighted by Crippen LogP contribution is 2.38. The van der Waals surface area contributed by atoms with Gasteiger partial charge < -0.3 is 10.1 Å². The molecule has 3 rings (SSSR count). The van der Waals surface area contributed by atoms with Crippen molar-refractivity contribution in [2.24, 2.45) is 0 Å². The molecular weight excluding hydrogens is 329 g/mol. The van der Waals surface area contributed by atoms with Crippen molar-refractivity contribution >= 4 is 35.1 Å². The molecule has 1 aromatic carbocycles. The third-order valence-corrected chi connectivity index (χ3v) is 3.94. The fraction of sp³-hybridized carbons (Fsp3) is 0.231. The number of carbonyl (C=O) groups excluding carboxylic acids is 1. The highest BCUT2D eigenvalue weighted by molar-refractivity contribution is 6.35. The van der Waals surface area contributed by atoms with Gasteiger partial charge in [-0.3, -0.25) is 0 Å². The van der Waals surface area contributed by atoms with E-state index in [1.165, 1.54) is 11.8 Å². The normalized spacial score (nSPS) is 17.0. The first kappa shape index (κ1) is 14.8. The topological polar surface area (TPSA) is 81.9 Å². The van der Waals surface area contributed by atoms with Crippen molar-refractivity contribution in [2.45, 2.75) is 13.0 Å². The van der Waals surface area contributed by atoms with Gasteiger partial charge in [0.05, 0.1) is 12.7 Å². The second-order valence-corrected chi connectivity index (χ2v) is 5.51. The van der Waals surface area contributed by atoms with Crippen LogP contribution in [0.2, 0.25) is 10.0 Å². The van der Waals surface area contributed by atoms with Gasteiger partial charge >= 0.3 is 5.97 Å². The van der Waals surface area contributed by atoms with Gasteiger partial charge in [0, 0.05) is 21.3 Å². The Bertz CT molecular complexity index is 786. The molecule has 1 atom stereocenters. The summed E-state index contributed by atoms with van der Waals surface area (Å²) in [7, 11) is 1.32. The van der Waals surface area contributed by atoms with Crippen LogP contribution in [0.3, 0.4) is 0 Å². The molecule has 0 spiro atoms. The zero-order valence-electron chi connectivity index (χ0n) is 11.7. The summed E-state index contributed by atoms with van der Waals surface area (Å²) < 4.78 is 6.36. The van der Waals surface area contributed by atoms with E-state index < -0.39 is 12.0 Å². The Labute approximate surface area is 135 Å². The van der Waals surface area contributed by atoms with Crippen LogP contribution in [0.5, 0.6) is 0 Å². The fourth-order valence-electron chi connectivity index (χ4n) is 2.40. The number of esters is 1. The lowest BCUT2D eigenvalue weighted by molar-refractivity contribution is -0.136. The van der Waals surface area contributed by atoms with Gasteiger partial charge in [0.15, 0.2) is 0 Å². The number of ether oxygens (including phenoxy) is 1. The SMILES string of the molecule is COC(=O)C1=C(C)Nc2nnnn2[C@@H]1c1ccc(Cl)cc1Cl. The molecule has 0 amide bonds. The maximum Gasteiger partial charge on any atom is 0.338 e. The van der Waals surface area contributed by atoms with Gasteiger partial charge in [0.2, 0.25) is 5.95 Å². The molecule has 0 fully saturated rings. The van der Waals surface area contributed by atoms with Gasteiger partial charge in [0.1, 0.15) is 6.04 Å². The van der Waals surface area contributed by atoms with Crippen molar-refractivity contribution < 1.29 is 9.53 Å². The number of nitrogens with one attached hydrogen (secondary N) is 1. The van der Waals surface area contributed by atoms with Crippen molar-refractivity contribution in [1.29, 1.82) is 0 Å². The lowest BCUT2D eigenvalue weighted by Gasteiger charge is -2.27. The van der Waals surface area contributed by atoms with Crippen LogP contribution in [-0.2, 0) is 9.53 Å². The molecule has 1 aliphatic rings. The first-order chi connectivity index (χ1) is 10.5. The molecule has 1 aromatic heterocycles. The molecule has 7 nitrogen and oxygen atoms in total. The number of nitrogens with zero attached hydrogens (tertiary/aromatic N) is 4. The number of carbonyl (C=O) groups is 1. The van der Waals surface area contributed by atoms with Gasteiger partial charge in [-0.05, 0) is 29.5 Å². The van der Waals surface area contributed by atoms with E-state index in [2.05, 4.69) is 20.8 Å². The molecule has 22 heavy (non-hydrogen) atoms. The summed E-state index contributed by atoms with van der Waals surface area (Å²) in [6.07, 6.45) is 0. The van der Waals surface area contributed by atoms with Crippen LogP contribution < -0.4 is 5.32 Å². The zero-order valence-corrected chi connectivity index (χ0v) is 13.2. The molecule has 0 radical (unpaired) electrons. The molecule has 2 heterocycles. The largest absolute Gasteiger partial charge is 0.466 e. The number of tetrazole rings is 1. The van der Waals surface area contributed by atoms with E-state index in [1.54, 1.807) is 25.1 Å². The Balaban J connectivity index is 2.23. The first-order valence-electron chi connectivity index (χ1n) is 6.32. The number of halogens is 2. The van der Waals surface area contributed by atoms with Crippen molar-refractivity contribution in [3.8, 4) is 0 Å². The van der Waals surface area contributed by atoms with Crippen LogP contribution >= 0.6 is 23.2 Å². The smallest absolute Gasteiger partial charge is 0.338 e. The standard InChI is InChI=1S/C13H11Cl2N5O2/c1-6-10(12(21)22-2)11(20-13(16-6)17-18-19-20)8-4-3-7(14)5-9(8)15/h3-5,11H,1-2H3,(H,16,17,19)/t11-/m1/s1. The summed E-state index contributed by atoms with van der Waals surface area (Å²) in [5.41, 5.74) is 1.64. The first-order valence-corrected chi connectivity index (χ1v) is 7.07. The predicted octanol–water partition coefficient (Wildman–Crippen LogP) is 2.44. The summed E-state index contributed by atoms with van der Waals surface area (Å²) in [6, 6.07) is 4.44. The zero-order chi connectivity index (χ0) is 15.9. The Morgan fingerprint density at radius 3 is 2.86 bits per heavy atom. The van der Waals surface area contributed by atoms with Crippen molar-refractivity contribution in [3.05, 3.63) is 45.1 Å². The number of methoxy groups -OCH3 is 1. The van der Waals surface area contributed by atoms with Crippen LogP contribution in [0.15, 0.2) is 29.5 Å². The minimum Gasteiger partial charge on any atom is -0.466 e. The fourth-order valence-corrected chi connectivity index (χ4v) is 2.91. The van der Waals surface area contributed by atoms with E-state index in [0.717, 1.165) is 0 Å². The van der Waals surface area contributed by atoms with Crippen molar-refractivity contribution in [3.63, 3.8) is 0 Å². The molecule has 9 heteroatoms. The van der Waals surface area contributed by atoms with E-state index in [1.807, 2.05) is 0 Å². The number of rotatable bonds is 2. The minimum absolute atomic E-state index is 0.381. The molecule has 0 saturated heterocycles. The molecule has 0 unspecified atom stereocenters. The van der Waals surface area contributed by atoms with Gasteiger partial charge in [0.25, 0.3) is 0 Å². The maximum atomic E-state index is 12.2. The molecule has 0 saturated carbocycles. The Morgan fingerprint density at radius 1 is 1.41 bits per heavy atom. The Morgan fingerprint density at radius 2 is 2.18 bits per heavy atom. The Hall–Kier alpha value is -2.12. The summed E-state index contributed by atoms with van der Waals surface area (Å²) in [5.74, 6) is -0.0664. The molecule has 1 aliphatic heterocycles. The number of anilines is 1. The number of aromatic nitrogens is 4. The van der Waals surface area contributed by atoms with Crippen molar-refractivity contribution in [1.82, 2.24) is 20.2 Å². The molecule has 0 bridgehead atoms. The number of hydrogen-bond acceptors (Lipinski definition) is 6. The van der Waals surface area contributed by atoms with E-state index >= 15 is 0 Å². The molecular formula is C13H11Cl2N5O2. The molecule has 2 aromatic rings. The molecule has 0 aliphatic carbocycles. The molecule has 114 valence electrons. The maximum absolute atomic E-state index is 12.2. The third-order valence-electron chi connectivity index (χ3n) is 3.38. The van der Waals surface area contributed by atoms with Crippen LogP contribution in [0, 0.1) is 0 Å². The van der Waals surface area contributed by atoms with Crippen LogP contribution in [-0.4, -0.2) is 33.3 Å². The Kier molecular flexibility index (Phi) is 3.76. The van der Waals surface area contributed by atoms with E-state index in [9.17, 15) is 4.79 Å². The summed E-state index contributed by atoms with van der Waals surface area (Å²) in [5, 5.41) is 15.3. The lowest BCUT2D eigenvalue weighted by Crippen LogP contribution is -2.29. The third kappa shape index (κ3) is 2.32. The summed E-state index contributed by atoms with van der Waals surface area (Å²) >= 11 is 12.2. The number of allylic oxidation sites excluding steroid dienone is 1. The second kappa shape index (κ2) is 5.58. The van der Waals surface area contributed by atoms with Crippen LogP contribution in [0.25, 0.3) is 0 Å². The van der Waals surface area contributed by atoms with E-state index in [4.69, 9.17) is 27.9 Å². The quantitative estimate of drug-likeness (QED) is 0.846. The summed E-state index contributed by atoms with van der Waals surface area (Å²) in [6.45, 7) is 1.75. The highest BCUT2D eigenvalue weighted by atomic mass is 35.5. The van der Waals surface area contributed by atoms with Crippen LogP contribution in [0.1, 0.15) is 18.5 Å². The minimum atomic E-state index is -0.594. The monoisotopic (exact) mass is 339 g/mol. The average Bonchev–Trinajstić information content (AvgIpc) is 2.93. The second-order valence-electron chi connectivity index (χ2n) is 4.67. The highest BCUT2D eigenvalue weighted by Gasteiger charge is 2.35. The van der Waals surface area contributed by atoms with Gasteiger partial charge in [-0.15, -0.1) is 0 Å². The summed E-state index contributed by atoms with van der Waals surface area (Å²) in [4.78, 5) is 12.2. The number of benzene rings is 1. The number of hydrogen-bond donors (Lipinski definition) is 1. The average molecular weight is 340 g/mol. The molecule has 1 N–H and O–H groups in total. The van der Waals surface area contributed by atoms with Gasteiger partial charge in [-0.25, -0.2) is 4.79 Å². The van der Waals surface area contributed by atoms with Crippen molar-refractivity contribution in [2.75, 3.05) is 12.4 Å². The van der Waals surface area contributed by atoms with Gasteiger partial charge in [-0.2, -0.15) is 4.68 Å². The van der Waals surface area contributed by atoms with E-state index in [0.29, 0.717) is 32.8 Å².